The molecule has 30 heavy (non-hydrogen) atoms. The maximum Gasteiger partial charge on any atom is 0.271 e. The van der Waals surface area contributed by atoms with Crippen LogP contribution in [-0.4, -0.2) is 27.9 Å². The van der Waals surface area contributed by atoms with Gasteiger partial charge < -0.3 is 4.74 Å². The summed E-state index contributed by atoms with van der Waals surface area (Å²) in [6.07, 6.45) is 3.12. The van der Waals surface area contributed by atoms with Crippen molar-refractivity contribution in [1.82, 2.24) is 19.5 Å². The molecule has 0 spiro atoms. The molecule has 0 radical (unpaired) electrons. The average Bonchev–Trinajstić information content (AvgIpc) is 3.30. The van der Waals surface area contributed by atoms with E-state index in [1.54, 1.807) is 48.8 Å². The first-order valence-electron chi connectivity index (χ1n) is 9.02. The van der Waals surface area contributed by atoms with Crippen molar-refractivity contribution >= 4 is 27.0 Å². The molecule has 0 atom stereocenters. The zero-order valence-corrected chi connectivity index (χ0v) is 18.2. The second-order valence-corrected chi connectivity index (χ2v) is 9.79. The molecule has 8 nitrogen and oxygen atoms in total. The van der Waals surface area contributed by atoms with E-state index < -0.39 is 10.0 Å². The molecule has 0 unspecified atom stereocenters. The first-order chi connectivity index (χ1) is 14.3. The molecule has 0 saturated carbocycles. The van der Waals surface area contributed by atoms with E-state index in [2.05, 4.69) is 19.7 Å². The van der Waals surface area contributed by atoms with Crippen LogP contribution in [0.5, 0.6) is 11.6 Å². The number of anilines is 1. The van der Waals surface area contributed by atoms with E-state index in [0.717, 1.165) is 16.3 Å². The standard InChI is InChI=1S/C20H19N5O3S2/c1-13-4-9-20(29-13)30(26,27)24-16-5-7-17(8-6-16)28-19-10-18(21-11-22-19)25-12-23-14(2)15(25)3/h4-12,24H,1-3H3. The van der Waals surface area contributed by atoms with Crippen molar-refractivity contribution in [3.63, 3.8) is 0 Å². The Balaban J connectivity index is 1.49. The Labute approximate surface area is 178 Å². The second kappa shape index (κ2) is 7.88. The molecule has 0 aliphatic heterocycles. The number of thiophene rings is 1. The Bertz CT molecular complexity index is 1290. The van der Waals surface area contributed by atoms with E-state index in [1.807, 2.05) is 25.3 Å². The van der Waals surface area contributed by atoms with Crippen LogP contribution in [0.3, 0.4) is 0 Å². The molecule has 3 heterocycles. The van der Waals surface area contributed by atoms with Crippen LogP contribution >= 0.6 is 11.3 Å². The first-order valence-corrected chi connectivity index (χ1v) is 11.3. The van der Waals surface area contributed by atoms with E-state index in [-0.39, 0.29) is 4.21 Å². The lowest BCUT2D eigenvalue weighted by Crippen LogP contribution is -2.11. The summed E-state index contributed by atoms with van der Waals surface area (Å²) in [5.74, 6) is 1.54. The first kappa shape index (κ1) is 20.0. The lowest BCUT2D eigenvalue weighted by atomic mass is 10.3. The fourth-order valence-electron chi connectivity index (χ4n) is 2.72. The maximum atomic E-state index is 12.4. The predicted molar refractivity (Wildman–Crippen MR) is 115 cm³/mol. The van der Waals surface area contributed by atoms with Gasteiger partial charge in [0.2, 0.25) is 5.88 Å². The number of ether oxygens (including phenoxy) is 1. The number of nitrogens with zero attached hydrogens (tertiary/aromatic N) is 4. The highest BCUT2D eigenvalue weighted by Crippen LogP contribution is 2.26. The van der Waals surface area contributed by atoms with Crippen molar-refractivity contribution in [2.24, 2.45) is 0 Å². The van der Waals surface area contributed by atoms with Crippen LogP contribution in [0.15, 0.2) is 59.3 Å². The summed E-state index contributed by atoms with van der Waals surface area (Å²) in [6.45, 7) is 5.76. The summed E-state index contributed by atoms with van der Waals surface area (Å²) < 4.78 is 35.4. The lowest BCUT2D eigenvalue weighted by Gasteiger charge is -2.09. The number of hydrogen-bond donors (Lipinski definition) is 1. The Morgan fingerprint density at radius 3 is 2.40 bits per heavy atom. The molecule has 0 saturated heterocycles. The van der Waals surface area contributed by atoms with Crippen LogP contribution in [-0.2, 0) is 10.0 Å². The van der Waals surface area contributed by atoms with Crippen LogP contribution in [0.4, 0.5) is 5.69 Å². The molecule has 0 amide bonds. The average molecular weight is 442 g/mol. The number of benzene rings is 1. The van der Waals surface area contributed by atoms with Crippen molar-refractivity contribution in [2.75, 3.05) is 4.72 Å². The third kappa shape index (κ3) is 4.19. The normalized spacial score (nSPS) is 11.4. The van der Waals surface area contributed by atoms with Gasteiger partial charge in [0.1, 0.15) is 28.4 Å². The number of nitrogens with one attached hydrogen (secondary N) is 1. The quantitative estimate of drug-likeness (QED) is 0.480. The SMILES string of the molecule is Cc1ccc(S(=O)(=O)Nc2ccc(Oc3cc(-n4cnc(C)c4C)ncn3)cc2)s1. The summed E-state index contributed by atoms with van der Waals surface area (Å²) in [6, 6.07) is 11.7. The number of aromatic nitrogens is 4. The minimum atomic E-state index is -3.60. The fraction of sp³-hybridized carbons (Fsp3) is 0.150. The lowest BCUT2D eigenvalue weighted by molar-refractivity contribution is 0.461. The topological polar surface area (TPSA) is 99.0 Å². The second-order valence-electron chi connectivity index (χ2n) is 6.60. The van der Waals surface area contributed by atoms with E-state index in [9.17, 15) is 8.42 Å². The van der Waals surface area contributed by atoms with Crippen LogP contribution < -0.4 is 9.46 Å². The summed E-state index contributed by atoms with van der Waals surface area (Å²) in [5.41, 5.74) is 2.35. The molecule has 4 rings (SSSR count). The molecule has 1 aromatic carbocycles. The Morgan fingerprint density at radius 1 is 1.00 bits per heavy atom. The van der Waals surface area contributed by atoms with E-state index in [0.29, 0.717) is 23.1 Å². The largest absolute Gasteiger partial charge is 0.439 e. The van der Waals surface area contributed by atoms with Gasteiger partial charge in [-0.3, -0.25) is 9.29 Å². The van der Waals surface area contributed by atoms with Gasteiger partial charge in [-0.1, -0.05) is 0 Å². The van der Waals surface area contributed by atoms with Gasteiger partial charge >= 0.3 is 0 Å². The third-order valence-electron chi connectivity index (χ3n) is 4.44. The van der Waals surface area contributed by atoms with E-state index in [4.69, 9.17) is 4.74 Å². The smallest absolute Gasteiger partial charge is 0.271 e. The van der Waals surface area contributed by atoms with Gasteiger partial charge in [0.05, 0.1) is 5.69 Å². The molecular formula is C20H19N5O3S2. The molecule has 4 aromatic rings. The molecule has 0 bridgehead atoms. The summed E-state index contributed by atoms with van der Waals surface area (Å²) in [5, 5.41) is 0. The summed E-state index contributed by atoms with van der Waals surface area (Å²) in [4.78, 5) is 13.6. The molecule has 1 N–H and O–H groups in total. The minimum absolute atomic E-state index is 0.277. The fourth-order valence-corrected chi connectivity index (χ4v) is 5.06. The van der Waals surface area contributed by atoms with Crippen LogP contribution in [0, 0.1) is 20.8 Å². The van der Waals surface area contributed by atoms with Gasteiger partial charge in [-0.15, -0.1) is 11.3 Å². The summed E-state index contributed by atoms with van der Waals surface area (Å²) >= 11 is 1.23. The van der Waals surface area contributed by atoms with E-state index in [1.165, 1.54) is 17.7 Å². The Kier molecular flexibility index (Phi) is 5.27. The number of imidazole rings is 1. The van der Waals surface area contributed by atoms with Crippen LogP contribution in [0.25, 0.3) is 5.82 Å². The number of sulfonamides is 1. The highest BCUT2D eigenvalue weighted by molar-refractivity contribution is 7.94. The highest BCUT2D eigenvalue weighted by Gasteiger charge is 2.16. The van der Waals surface area contributed by atoms with Gasteiger partial charge in [0.25, 0.3) is 10.0 Å². The van der Waals surface area contributed by atoms with Crippen molar-refractivity contribution in [3.05, 3.63) is 71.4 Å². The van der Waals surface area contributed by atoms with Crippen LogP contribution in [0.2, 0.25) is 0 Å². The van der Waals surface area contributed by atoms with Gasteiger partial charge in [-0.25, -0.2) is 23.4 Å². The van der Waals surface area contributed by atoms with Gasteiger partial charge in [-0.2, -0.15) is 0 Å². The van der Waals surface area contributed by atoms with Crippen molar-refractivity contribution in [2.45, 2.75) is 25.0 Å². The molecule has 0 aliphatic rings. The molecular weight excluding hydrogens is 422 g/mol. The predicted octanol–water partition coefficient (Wildman–Crippen LogP) is 4.24. The number of aryl methyl sites for hydroxylation is 2. The molecule has 10 heteroatoms. The number of hydrogen-bond acceptors (Lipinski definition) is 7. The highest BCUT2D eigenvalue weighted by atomic mass is 32.2. The Hall–Kier alpha value is -3.24. The molecule has 3 aromatic heterocycles. The molecule has 154 valence electrons. The number of rotatable bonds is 6. The monoisotopic (exact) mass is 441 g/mol. The zero-order chi connectivity index (χ0) is 21.3. The molecule has 0 aliphatic carbocycles. The van der Waals surface area contributed by atoms with Gasteiger partial charge in [0, 0.05) is 22.3 Å². The van der Waals surface area contributed by atoms with Crippen molar-refractivity contribution in [1.29, 1.82) is 0 Å². The molecule has 0 fully saturated rings. The Morgan fingerprint density at radius 2 is 1.77 bits per heavy atom. The maximum absolute atomic E-state index is 12.4. The van der Waals surface area contributed by atoms with Crippen molar-refractivity contribution < 1.29 is 13.2 Å². The van der Waals surface area contributed by atoms with Crippen molar-refractivity contribution in [3.8, 4) is 17.4 Å². The van der Waals surface area contributed by atoms with Crippen LogP contribution in [0.1, 0.15) is 16.3 Å². The minimum Gasteiger partial charge on any atom is -0.439 e. The third-order valence-corrected chi connectivity index (χ3v) is 7.31. The van der Waals surface area contributed by atoms with E-state index >= 15 is 0 Å². The summed E-state index contributed by atoms with van der Waals surface area (Å²) in [7, 11) is -3.60. The zero-order valence-electron chi connectivity index (χ0n) is 16.5. The van der Waals surface area contributed by atoms with Gasteiger partial charge in [-0.05, 0) is 57.2 Å². The van der Waals surface area contributed by atoms with Gasteiger partial charge in [0.15, 0.2) is 0 Å².